The molecule has 0 aromatic heterocycles. The molecule has 0 fully saturated rings. The van der Waals surface area contributed by atoms with Gasteiger partial charge in [-0.3, -0.25) is 4.79 Å². The SMILES string of the molecule is C#CC(=O)NCCN(CC[N-]B(C)O)B(C)O. The summed E-state index contributed by atoms with van der Waals surface area (Å²) in [6, 6.07) is 0. The van der Waals surface area contributed by atoms with Crippen LogP contribution in [0.2, 0.25) is 13.6 Å². The third kappa shape index (κ3) is 8.77. The van der Waals surface area contributed by atoms with Gasteiger partial charge in [0.25, 0.3) is 5.91 Å². The first-order valence-electron chi connectivity index (χ1n) is 5.48. The third-order valence-electron chi connectivity index (χ3n) is 2.12. The van der Waals surface area contributed by atoms with E-state index in [1.165, 1.54) is 0 Å². The Morgan fingerprint density at radius 2 is 2.12 bits per heavy atom. The van der Waals surface area contributed by atoms with Gasteiger partial charge in [-0.15, -0.1) is 13.0 Å². The van der Waals surface area contributed by atoms with Crippen LogP contribution in [0.25, 0.3) is 5.23 Å². The van der Waals surface area contributed by atoms with Crippen LogP contribution in [0.5, 0.6) is 0 Å². The molecular weight excluding hydrogens is 220 g/mol. The highest BCUT2D eigenvalue weighted by Gasteiger charge is 2.13. The van der Waals surface area contributed by atoms with Crippen molar-refractivity contribution in [3.05, 3.63) is 5.23 Å². The Morgan fingerprint density at radius 3 is 2.59 bits per heavy atom. The van der Waals surface area contributed by atoms with Crippen molar-refractivity contribution >= 4 is 20.0 Å². The van der Waals surface area contributed by atoms with Crippen LogP contribution >= 0.6 is 0 Å². The van der Waals surface area contributed by atoms with Gasteiger partial charge in [0.15, 0.2) is 7.05 Å². The summed E-state index contributed by atoms with van der Waals surface area (Å²) in [5.41, 5.74) is 0. The maximum atomic E-state index is 10.8. The number of hydrogen-bond donors (Lipinski definition) is 3. The Morgan fingerprint density at radius 1 is 1.47 bits per heavy atom. The zero-order chi connectivity index (χ0) is 13.3. The van der Waals surface area contributed by atoms with Crippen LogP contribution < -0.4 is 5.32 Å². The Bertz CT molecular complexity index is 269. The molecule has 17 heavy (non-hydrogen) atoms. The summed E-state index contributed by atoms with van der Waals surface area (Å²) in [5, 5.41) is 24.8. The van der Waals surface area contributed by atoms with Gasteiger partial charge in [-0.25, -0.2) is 0 Å². The minimum absolute atomic E-state index is 0.364. The highest BCUT2D eigenvalue weighted by atomic mass is 16.2. The first-order chi connectivity index (χ1) is 7.97. The van der Waals surface area contributed by atoms with E-state index in [0.29, 0.717) is 26.2 Å². The molecule has 0 unspecified atom stereocenters. The molecule has 0 spiro atoms. The van der Waals surface area contributed by atoms with Gasteiger partial charge in [0, 0.05) is 13.1 Å². The van der Waals surface area contributed by atoms with E-state index >= 15 is 0 Å². The van der Waals surface area contributed by atoms with E-state index in [4.69, 9.17) is 11.4 Å². The zero-order valence-corrected chi connectivity index (χ0v) is 10.3. The maximum absolute atomic E-state index is 10.8. The maximum Gasteiger partial charge on any atom is 0.376 e. The zero-order valence-electron chi connectivity index (χ0n) is 10.3. The lowest BCUT2D eigenvalue weighted by atomic mass is 9.84. The number of carbonyl (C=O) groups is 1. The van der Waals surface area contributed by atoms with Gasteiger partial charge in [-0.2, -0.15) is 0 Å². The standard InChI is InChI=1S/C9H18B2N3O3/c1-4-9(15)12-5-7-14(11(3)17)8-6-13-10(2)16/h1,16-17H,5-8H2,2-3H3,(H,12,15)/q-1. The molecule has 0 atom stereocenters. The summed E-state index contributed by atoms with van der Waals surface area (Å²) in [6.45, 7) is 4.97. The van der Waals surface area contributed by atoms with Gasteiger partial charge in [0.05, 0.1) is 0 Å². The van der Waals surface area contributed by atoms with Gasteiger partial charge in [-0.1, -0.05) is 6.82 Å². The smallest absolute Gasteiger partial charge is 0.376 e. The van der Waals surface area contributed by atoms with Crippen molar-refractivity contribution in [2.24, 2.45) is 0 Å². The summed E-state index contributed by atoms with van der Waals surface area (Å²) in [5.74, 6) is 1.48. The number of nitrogens with zero attached hydrogens (tertiary/aromatic N) is 2. The molecule has 0 aliphatic heterocycles. The molecule has 3 N–H and O–H groups in total. The van der Waals surface area contributed by atoms with Crippen molar-refractivity contribution in [3.8, 4) is 12.3 Å². The Kier molecular flexibility index (Phi) is 8.54. The number of carbonyl (C=O) groups excluding carboxylic acids is 1. The van der Waals surface area contributed by atoms with Crippen LogP contribution in [-0.4, -0.2) is 61.0 Å². The molecule has 8 heteroatoms. The van der Waals surface area contributed by atoms with E-state index in [2.05, 4.69) is 10.5 Å². The molecule has 0 aliphatic rings. The average molecular weight is 238 g/mol. The van der Waals surface area contributed by atoms with E-state index in [1.54, 1.807) is 18.5 Å². The average Bonchev–Trinajstić information content (AvgIpc) is 2.25. The second kappa shape index (κ2) is 9.07. The second-order valence-electron chi connectivity index (χ2n) is 3.61. The van der Waals surface area contributed by atoms with E-state index < -0.39 is 20.0 Å². The van der Waals surface area contributed by atoms with Crippen molar-refractivity contribution in [2.45, 2.75) is 13.6 Å². The van der Waals surface area contributed by atoms with Gasteiger partial charge in [-0.05, 0) is 19.3 Å². The highest BCUT2D eigenvalue weighted by Crippen LogP contribution is 1.96. The normalized spacial score (nSPS) is 9.88. The van der Waals surface area contributed by atoms with Crippen LogP contribution in [0.15, 0.2) is 0 Å². The minimum atomic E-state index is -0.702. The molecule has 0 aromatic rings. The van der Waals surface area contributed by atoms with Gasteiger partial charge >= 0.3 is 7.05 Å². The lowest BCUT2D eigenvalue weighted by molar-refractivity contribution is -0.115. The minimum Gasteiger partial charge on any atom is -0.660 e. The molecule has 1 amide bonds. The van der Waals surface area contributed by atoms with Crippen molar-refractivity contribution in [1.29, 1.82) is 0 Å². The van der Waals surface area contributed by atoms with Crippen molar-refractivity contribution in [2.75, 3.05) is 26.2 Å². The molecule has 0 saturated heterocycles. The Balaban J connectivity index is 3.83. The topological polar surface area (TPSA) is 86.9 Å². The monoisotopic (exact) mass is 238 g/mol. The third-order valence-corrected chi connectivity index (χ3v) is 2.12. The first kappa shape index (κ1) is 16.0. The summed E-state index contributed by atoms with van der Waals surface area (Å²) in [7, 11) is -1.34. The predicted molar refractivity (Wildman–Crippen MR) is 69.3 cm³/mol. The molecule has 0 aromatic carbocycles. The van der Waals surface area contributed by atoms with Crippen molar-refractivity contribution < 1.29 is 14.8 Å². The molecule has 0 heterocycles. The largest absolute Gasteiger partial charge is 0.660 e. The Labute approximate surface area is 103 Å². The fourth-order valence-corrected chi connectivity index (χ4v) is 1.22. The number of terminal acetylenes is 1. The lowest BCUT2D eigenvalue weighted by Gasteiger charge is -2.28. The number of rotatable bonds is 8. The number of nitrogens with one attached hydrogen (secondary N) is 1. The van der Waals surface area contributed by atoms with Crippen molar-refractivity contribution in [1.82, 2.24) is 10.1 Å². The summed E-state index contributed by atoms with van der Waals surface area (Å²) < 4.78 is 0. The van der Waals surface area contributed by atoms with E-state index in [-0.39, 0.29) is 0 Å². The second-order valence-corrected chi connectivity index (χ2v) is 3.61. The van der Waals surface area contributed by atoms with Crippen molar-refractivity contribution in [3.63, 3.8) is 0 Å². The number of amides is 1. The lowest BCUT2D eigenvalue weighted by Crippen LogP contribution is -2.44. The summed E-state index contributed by atoms with van der Waals surface area (Å²) >= 11 is 0. The van der Waals surface area contributed by atoms with Crippen LogP contribution in [-0.2, 0) is 4.79 Å². The van der Waals surface area contributed by atoms with E-state index in [1.807, 2.05) is 5.92 Å². The van der Waals surface area contributed by atoms with Crippen LogP contribution in [0.1, 0.15) is 0 Å². The van der Waals surface area contributed by atoms with E-state index in [9.17, 15) is 9.82 Å². The fraction of sp³-hybridized carbons (Fsp3) is 0.667. The molecule has 0 radical (unpaired) electrons. The molecular formula is C9H18B2N3O3-. The molecule has 94 valence electrons. The molecule has 0 bridgehead atoms. The van der Waals surface area contributed by atoms with Gasteiger partial charge in [0.2, 0.25) is 0 Å². The van der Waals surface area contributed by atoms with Gasteiger partial charge in [0.1, 0.15) is 0 Å². The van der Waals surface area contributed by atoms with E-state index in [0.717, 1.165) is 0 Å². The fourth-order valence-electron chi connectivity index (χ4n) is 1.22. The number of hydrogen-bond acceptors (Lipinski definition) is 4. The summed E-state index contributed by atoms with van der Waals surface area (Å²) in [6.07, 6.45) is 4.89. The quantitative estimate of drug-likeness (QED) is 0.359. The van der Waals surface area contributed by atoms with Crippen LogP contribution in [0, 0.1) is 12.3 Å². The first-order valence-corrected chi connectivity index (χ1v) is 5.48. The van der Waals surface area contributed by atoms with Gasteiger partial charge < -0.3 is 25.4 Å². The molecule has 0 rings (SSSR count). The molecule has 0 aliphatic carbocycles. The summed E-state index contributed by atoms with van der Waals surface area (Å²) in [4.78, 5) is 12.5. The molecule has 0 saturated carbocycles. The molecule has 6 nitrogen and oxygen atoms in total. The predicted octanol–water partition coefficient (Wildman–Crippen LogP) is -1.37. The highest BCUT2D eigenvalue weighted by molar-refractivity contribution is 6.54. The van der Waals surface area contributed by atoms with Crippen LogP contribution in [0.4, 0.5) is 0 Å². The van der Waals surface area contributed by atoms with Crippen LogP contribution in [0.3, 0.4) is 0 Å². The Hall–Kier alpha value is -1.00.